The lowest BCUT2D eigenvalue weighted by molar-refractivity contribution is 0.392. The van der Waals surface area contributed by atoms with Crippen molar-refractivity contribution in [2.75, 3.05) is 32.5 Å². The molecule has 0 fully saturated rings. The van der Waals surface area contributed by atoms with Crippen molar-refractivity contribution in [2.45, 2.75) is 20.4 Å². The molecule has 4 aromatic rings. The van der Waals surface area contributed by atoms with E-state index < -0.39 is 0 Å². The highest BCUT2D eigenvalue weighted by atomic mass is 16.3. The molecule has 6 nitrogen and oxygen atoms in total. The molecule has 0 radical (unpaired) electrons. The van der Waals surface area contributed by atoms with E-state index in [1.54, 1.807) is 6.20 Å². The number of fused-ring (bicyclic) bond motifs is 1. The molecule has 0 saturated carbocycles. The highest BCUT2D eigenvalue weighted by Crippen LogP contribution is 2.33. The largest absolute Gasteiger partial charge is 0.460 e. The van der Waals surface area contributed by atoms with Crippen molar-refractivity contribution in [3.8, 4) is 17.4 Å². The zero-order valence-electron chi connectivity index (χ0n) is 19.6. The van der Waals surface area contributed by atoms with Crippen molar-refractivity contribution < 1.29 is 4.42 Å². The number of hydrogen-bond donors (Lipinski definition) is 2. The van der Waals surface area contributed by atoms with Crippen molar-refractivity contribution in [1.29, 1.82) is 5.26 Å². The Bertz CT molecular complexity index is 1320. The van der Waals surface area contributed by atoms with Crippen LogP contribution in [0.1, 0.15) is 22.5 Å². The number of likely N-dealkylation sites (N-methyl/N-ethyl adjacent to an activating group) is 1. The summed E-state index contributed by atoms with van der Waals surface area (Å²) in [5, 5.41) is 17.4. The number of nitrogens with zero attached hydrogens (tertiary/aromatic N) is 3. The van der Waals surface area contributed by atoms with Crippen LogP contribution in [0.2, 0.25) is 0 Å². The number of benzene rings is 2. The van der Waals surface area contributed by atoms with Crippen LogP contribution in [0.3, 0.4) is 0 Å². The minimum atomic E-state index is 0.513. The predicted molar refractivity (Wildman–Crippen MR) is 134 cm³/mol. The van der Waals surface area contributed by atoms with Gasteiger partial charge in [0.15, 0.2) is 0 Å². The monoisotopic (exact) mass is 439 g/mol. The Morgan fingerprint density at radius 3 is 2.67 bits per heavy atom. The molecule has 2 aromatic carbocycles. The number of hydrogen-bond acceptors (Lipinski definition) is 6. The summed E-state index contributed by atoms with van der Waals surface area (Å²) in [6, 6.07) is 18.5. The maximum Gasteiger partial charge on any atom is 0.134 e. The fourth-order valence-electron chi connectivity index (χ4n) is 3.80. The third-order valence-electron chi connectivity index (χ3n) is 5.61. The molecule has 0 spiro atoms. The van der Waals surface area contributed by atoms with Gasteiger partial charge in [0, 0.05) is 35.9 Å². The van der Waals surface area contributed by atoms with Gasteiger partial charge in [0.05, 0.1) is 23.3 Å². The second-order valence-electron chi connectivity index (χ2n) is 8.58. The van der Waals surface area contributed by atoms with E-state index >= 15 is 0 Å². The Labute approximate surface area is 194 Å². The zero-order chi connectivity index (χ0) is 23.4. The van der Waals surface area contributed by atoms with Crippen molar-refractivity contribution in [1.82, 2.24) is 15.2 Å². The number of pyridine rings is 1. The van der Waals surface area contributed by atoms with Crippen LogP contribution in [0, 0.1) is 25.2 Å². The van der Waals surface area contributed by atoms with Crippen LogP contribution in [0.25, 0.3) is 22.2 Å². The molecule has 0 amide bonds. The van der Waals surface area contributed by atoms with Crippen LogP contribution < -0.4 is 10.6 Å². The van der Waals surface area contributed by atoms with Crippen molar-refractivity contribution >= 4 is 22.3 Å². The van der Waals surface area contributed by atoms with Crippen LogP contribution in [0.4, 0.5) is 11.4 Å². The maximum atomic E-state index is 9.67. The normalized spacial score (nSPS) is 11.2. The number of nitrogens with one attached hydrogen (secondary N) is 2. The third kappa shape index (κ3) is 5.23. The standard InChI is InChI=1S/C27H29N5O/c1-18-5-9-24(19(2)13-18)31-27-21(15-28)16-30-25-14-20(6-8-23(25)27)26-10-7-22(33-26)17-29-11-12-32(3)4/h5-10,13-14,16,29H,11-12,17H2,1-4H3,(H,30,31). The number of aromatic nitrogens is 1. The van der Waals surface area contributed by atoms with Crippen LogP contribution in [-0.2, 0) is 6.54 Å². The van der Waals surface area contributed by atoms with Gasteiger partial charge >= 0.3 is 0 Å². The fraction of sp³-hybridized carbons (Fsp3) is 0.259. The first-order valence-electron chi connectivity index (χ1n) is 11.1. The predicted octanol–water partition coefficient (Wildman–Crippen LogP) is 5.38. The SMILES string of the molecule is Cc1ccc(Nc2c(C#N)cnc3cc(-c4ccc(CNCCN(C)C)o4)ccc23)c(C)c1. The lowest BCUT2D eigenvalue weighted by atomic mass is 10.0. The van der Waals surface area contributed by atoms with Gasteiger partial charge < -0.3 is 20.0 Å². The number of furan rings is 1. The number of aryl methyl sites for hydroxylation is 2. The summed E-state index contributed by atoms with van der Waals surface area (Å²) in [5.41, 5.74) is 6.35. The average molecular weight is 440 g/mol. The Kier molecular flexibility index (Phi) is 6.74. The average Bonchev–Trinajstić information content (AvgIpc) is 3.27. The number of anilines is 2. The van der Waals surface area contributed by atoms with Crippen molar-refractivity contribution in [3.63, 3.8) is 0 Å². The van der Waals surface area contributed by atoms with E-state index in [-0.39, 0.29) is 0 Å². The molecule has 0 bridgehead atoms. The van der Waals surface area contributed by atoms with Crippen LogP contribution >= 0.6 is 0 Å². The van der Waals surface area contributed by atoms with Gasteiger partial charge in [-0.1, -0.05) is 23.8 Å². The molecule has 0 aliphatic carbocycles. The molecule has 168 valence electrons. The molecule has 2 N–H and O–H groups in total. The first-order chi connectivity index (χ1) is 15.9. The summed E-state index contributed by atoms with van der Waals surface area (Å²) in [6.07, 6.45) is 1.63. The van der Waals surface area contributed by atoms with E-state index in [4.69, 9.17) is 4.42 Å². The molecule has 0 aliphatic heterocycles. The zero-order valence-corrected chi connectivity index (χ0v) is 19.6. The second kappa shape index (κ2) is 9.86. The molecule has 0 saturated heterocycles. The molecule has 2 heterocycles. The van der Waals surface area contributed by atoms with E-state index in [1.165, 1.54) is 5.56 Å². The molecule has 6 heteroatoms. The third-order valence-corrected chi connectivity index (χ3v) is 5.61. The molecule has 0 atom stereocenters. The summed E-state index contributed by atoms with van der Waals surface area (Å²) in [4.78, 5) is 6.68. The van der Waals surface area contributed by atoms with E-state index in [9.17, 15) is 5.26 Å². The molecule has 0 unspecified atom stereocenters. The van der Waals surface area contributed by atoms with Gasteiger partial charge in [-0.25, -0.2) is 0 Å². The lowest BCUT2D eigenvalue weighted by Crippen LogP contribution is -2.25. The van der Waals surface area contributed by atoms with E-state index in [2.05, 4.69) is 66.7 Å². The second-order valence-corrected chi connectivity index (χ2v) is 8.58. The summed E-state index contributed by atoms with van der Waals surface area (Å²) in [6.45, 7) is 6.70. The van der Waals surface area contributed by atoms with Gasteiger partial charge in [-0.05, 0) is 63.8 Å². The molecular formula is C27H29N5O. The van der Waals surface area contributed by atoms with Gasteiger partial charge in [0.1, 0.15) is 17.6 Å². The summed E-state index contributed by atoms with van der Waals surface area (Å²) in [5.74, 6) is 1.70. The van der Waals surface area contributed by atoms with Gasteiger partial charge in [0.25, 0.3) is 0 Å². The molecule has 33 heavy (non-hydrogen) atoms. The molecule has 0 aliphatic rings. The van der Waals surface area contributed by atoms with Crippen LogP contribution in [0.5, 0.6) is 0 Å². The van der Waals surface area contributed by atoms with Crippen LogP contribution in [-0.4, -0.2) is 37.1 Å². The van der Waals surface area contributed by atoms with Gasteiger partial charge in [-0.3, -0.25) is 4.98 Å². The van der Waals surface area contributed by atoms with Crippen molar-refractivity contribution in [2.24, 2.45) is 0 Å². The minimum absolute atomic E-state index is 0.513. The van der Waals surface area contributed by atoms with Gasteiger partial charge in [0.2, 0.25) is 0 Å². The minimum Gasteiger partial charge on any atom is -0.460 e. The van der Waals surface area contributed by atoms with E-state index in [1.807, 2.05) is 36.4 Å². The number of nitriles is 1. The Morgan fingerprint density at radius 1 is 1.06 bits per heavy atom. The van der Waals surface area contributed by atoms with E-state index in [0.29, 0.717) is 12.1 Å². The quantitative estimate of drug-likeness (QED) is 0.359. The Morgan fingerprint density at radius 2 is 1.91 bits per heavy atom. The van der Waals surface area contributed by atoms with Crippen molar-refractivity contribution in [3.05, 3.63) is 77.2 Å². The van der Waals surface area contributed by atoms with Gasteiger partial charge in [-0.2, -0.15) is 5.26 Å². The summed E-state index contributed by atoms with van der Waals surface area (Å²) < 4.78 is 6.05. The number of rotatable bonds is 8. The molecular weight excluding hydrogens is 410 g/mol. The topological polar surface area (TPSA) is 77.1 Å². The summed E-state index contributed by atoms with van der Waals surface area (Å²) in [7, 11) is 4.12. The fourth-order valence-corrected chi connectivity index (χ4v) is 3.80. The molecule has 2 aromatic heterocycles. The smallest absolute Gasteiger partial charge is 0.134 e. The van der Waals surface area contributed by atoms with E-state index in [0.717, 1.165) is 58.0 Å². The summed E-state index contributed by atoms with van der Waals surface area (Å²) >= 11 is 0. The maximum absolute atomic E-state index is 9.67. The van der Waals surface area contributed by atoms with Gasteiger partial charge in [-0.15, -0.1) is 0 Å². The first kappa shape index (κ1) is 22.5. The molecule has 4 rings (SSSR count). The lowest BCUT2D eigenvalue weighted by Gasteiger charge is -2.14. The highest BCUT2D eigenvalue weighted by Gasteiger charge is 2.13. The highest BCUT2D eigenvalue weighted by molar-refractivity contribution is 5.97. The van der Waals surface area contributed by atoms with Crippen LogP contribution in [0.15, 0.2) is 59.1 Å². The first-order valence-corrected chi connectivity index (χ1v) is 11.1. The Balaban J connectivity index is 1.61. The Hall–Kier alpha value is -3.66.